The molecule has 1 aliphatic carbocycles. The summed E-state index contributed by atoms with van der Waals surface area (Å²) >= 11 is 0. The maximum absolute atomic E-state index is 13.5. The molecule has 1 aromatic heterocycles. The van der Waals surface area contributed by atoms with Gasteiger partial charge in [-0.25, -0.2) is 4.79 Å². The predicted octanol–water partition coefficient (Wildman–Crippen LogP) is 7.31. The number of carbonyl (C=O) groups excluding carboxylic acids is 2. The number of benzene rings is 2. The van der Waals surface area contributed by atoms with Crippen molar-refractivity contribution in [3.05, 3.63) is 95.8 Å². The second kappa shape index (κ2) is 12.0. The molecule has 1 aliphatic heterocycles. The van der Waals surface area contributed by atoms with Crippen LogP contribution in [0.3, 0.4) is 0 Å². The standard InChI is InChI=1S/C34H37F3N4O3/c1-32(2,3)44-31(43)40-22-33(23-40)19-29(20-33)41(30(42)14-9-24-5-10-26(11-6-24)34(35,36)37)21-25-7-12-27(13-8-25)39(4)28-15-17-38-18-16-28/h5-18,29H,19-23H2,1-4H3. The van der Waals surface area contributed by atoms with E-state index in [0.29, 0.717) is 25.2 Å². The fraction of sp³-hybridized carbons (Fsp3) is 0.382. The summed E-state index contributed by atoms with van der Waals surface area (Å²) < 4.78 is 44.4. The van der Waals surface area contributed by atoms with Gasteiger partial charge in [0.15, 0.2) is 0 Å². The van der Waals surface area contributed by atoms with Crippen molar-refractivity contribution in [1.29, 1.82) is 0 Å². The second-order valence-electron chi connectivity index (χ2n) is 12.7. The number of likely N-dealkylation sites (tertiary alicyclic amines) is 1. The van der Waals surface area contributed by atoms with E-state index in [1.807, 2.05) is 74.0 Å². The topological polar surface area (TPSA) is 66.0 Å². The van der Waals surface area contributed by atoms with Crippen molar-refractivity contribution in [1.82, 2.24) is 14.8 Å². The van der Waals surface area contributed by atoms with Crippen LogP contribution in [0.2, 0.25) is 0 Å². The minimum atomic E-state index is -4.42. The molecular formula is C34H37F3N4O3. The van der Waals surface area contributed by atoms with Crippen molar-refractivity contribution in [3.63, 3.8) is 0 Å². The number of carbonyl (C=O) groups is 2. The van der Waals surface area contributed by atoms with Crippen LogP contribution in [0.25, 0.3) is 6.08 Å². The molecule has 3 aromatic rings. The minimum absolute atomic E-state index is 0.0280. The Balaban J connectivity index is 1.28. The molecule has 1 saturated heterocycles. The molecule has 2 amide bonds. The van der Waals surface area contributed by atoms with Gasteiger partial charge in [-0.05, 0) is 87.2 Å². The van der Waals surface area contributed by atoms with Gasteiger partial charge in [-0.2, -0.15) is 13.2 Å². The molecule has 2 fully saturated rings. The lowest BCUT2D eigenvalue weighted by Gasteiger charge is -2.60. The monoisotopic (exact) mass is 606 g/mol. The average molecular weight is 607 g/mol. The lowest BCUT2D eigenvalue weighted by molar-refractivity contribution is -0.144. The van der Waals surface area contributed by atoms with Crippen LogP contribution in [0.15, 0.2) is 79.1 Å². The molecule has 7 nitrogen and oxygen atoms in total. The van der Waals surface area contributed by atoms with Gasteiger partial charge in [0.05, 0.1) is 5.56 Å². The number of rotatable bonds is 7. The Hall–Kier alpha value is -4.34. The summed E-state index contributed by atoms with van der Waals surface area (Å²) in [6.07, 6.45) is 3.22. The number of amides is 2. The number of alkyl halides is 3. The molecule has 2 aliphatic rings. The van der Waals surface area contributed by atoms with Crippen molar-refractivity contribution in [2.24, 2.45) is 5.41 Å². The highest BCUT2D eigenvalue weighted by Crippen LogP contribution is 2.51. The van der Waals surface area contributed by atoms with Gasteiger partial charge in [-0.1, -0.05) is 24.3 Å². The molecule has 0 radical (unpaired) electrons. The van der Waals surface area contributed by atoms with Gasteiger partial charge in [0.25, 0.3) is 0 Å². The lowest BCUT2D eigenvalue weighted by Crippen LogP contribution is -2.68. The van der Waals surface area contributed by atoms with E-state index in [4.69, 9.17) is 4.74 Å². The maximum atomic E-state index is 13.5. The predicted molar refractivity (Wildman–Crippen MR) is 163 cm³/mol. The van der Waals surface area contributed by atoms with E-state index in [0.717, 1.165) is 41.9 Å². The van der Waals surface area contributed by atoms with Crippen molar-refractivity contribution < 1.29 is 27.5 Å². The highest BCUT2D eigenvalue weighted by Gasteiger charge is 2.56. The van der Waals surface area contributed by atoms with Crippen LogP contribution in [-0.2, 0) is 22.3 Å². The van der Waals surface area contributed by atoms with E-state index in [9.17, 15) is 22.8 Å². The Morgan fingerprint density at radius 3 is 2.11 bits per heavy atom. The number of ether oxygens (including phenoxy) is 1. The smallest absolute Gasteiger partial charge is 0.416 e. The van der Waals surface area contributed by atoms with Crippen LogP contribution in [0.1, 0.15) is 50.3 Å². The number of nitrogens with zero attached hydrogens (tertiary/aromatic N) is 4. The molecule has 44 heavy (non-hydrogen) atoms. The van der Waals surface area contributed by atoms with E-state index in [2.05, 4.69) is 4.98 Å². The Labute approximate surface area is 255 Å². The normalized spacial score (nSPS) is 16.4. The molecule has 0 unspecified atom stereocenters. The van der Waals surface area contributed by atoms with Gasteiger partial charge in [0.2, 0.25) is 5.91 Å². The van der Waals surface area contributed by atoms with Crippen LogP contribution < -0.4 is 4.90 Å². The van der Waals surface area contributed by atoms with E-state index in [1.54, 1.807) is 23.4 Å². The number of aromatic nitrogens is 1. The average Bonchev–Trinajstić information content (AvgIpc) is 2.93. The van der Waals surface area contributed by atoms with Crippen LogP contribution in [-0.4, -0.2) is 58.6 Å². The molecule has 1 spiro atoms. The highest BCUT2D eigenvalue weighted by atomic mass is 19.4. The fourth-order valence-corrected chi connectivity index (χ4v) is 5.81. The molecule has 10 heteroatoms. The number of halogens is 3. The fourth-order valence-electron chi connectivity index (χ4n) is 5.81. The van der Waals surface area contributed by atoms with Gasteiger partial charge in [0.1, 0.15) is 5.60 Å². The Kier molecular flexibility index (Phi) is 8.46. The van der Waals surface area contributed by atoms with Crippen LogP contribution >= 0.6 is 0 Å². The Bertz CT molecular complexity index is 1490. The molecule has 2 aromatic carbocycles. The van der Waals surface area contributed by atoms with Gasteiger partial charge in [0, 0.05) is 68.0 Å². The summed E-state index contributed by atoms with van der Waals surface area (Å²) in [6.45, 7) is 7.09. The van der Waals surface area contributed by atoms with Gasteiger partial charge < -0.3 is 19.4 Å². The molecule has 0 N–H and O–H groups in total. The number of hydrogen-bond donors (Lipinski definition) is 0. The summed E-state index contributed by atoms with van der Waals surface area (Å²) in [5, 5.41) is 0. The van der Waals surface area contributed by atoms with Crippen LogP contribution in [0.4, 0.5) is 29.3 Å². The van der Waals surface area contributed by atoms with E-state index in [-0.39, 0.29) is 23.5 Å². The second-order valence-corrected chi connectivity index (χ2v) is 12.7. The first-order valence-corrected chi connectivity index (χ1v) is 14.6. The minimum Gasteiger partial charge on any atom is -0.444 e. The van der Waals surface area contributed by atoms with Crippen molar-refractivity contribution in [2.75, 3.05) is 25.0 Å². The zero-order valence-corrected chi connectivity index (χ0v) is 25.3. The molecule has 2 heterocycles. The van der Waals surface area contributed by atoms with Crippen LogP contribution in [0.5, 0.6) is 0 Å². The third kappa shape index (κ3) is 7.23. The summed E-state index contributed by atoms with van der Waals surface area (Å²) in [4.78, 5) is 35.6. The Morgan fingerprint density at radius 1 is 0.955 bits per heavy atom. The first-order chi connectivity index (χ1) is 20.7. The molecular weight excluding hydrogens is 569 g/mol. The van der Waals surface area contributed by atoms with Gasteiger partial charge >= 0.3 is 12.3 Å². The molecule has 0 atom stereocenters. The Morgan fingerprint density at radius 2 is 1.55 bits per heavy atom. The largest absolute Gasteiger partial charge is 0.444 e. The van der Waals surface area contributed by atoms with Crippen molar-refractivity contribution in [2.45, 2.75) is 58.0 Å². The molecule has 5 rings (SSSR count). The first-order valence-electron chi connectivity index (χ1n) is 14.6. The number of pyridine rings is 1. The van der Waals surface area contributed by atoms with Crippen molar-refractivity contribution >= 4 is 29.5 Å². The van der Waals surface area contributed by atoms with E-state index >= 15 is 0 Å². The quantitative estimate of drug-likeness (QED) is 0.264. The summed E-state index contributed by atoms with van der Waals surface area (Å²) in [6, 6.07) is 16.5. The lowest BCUT2D eigenvalue weighted by atomic mass is 9.60. The molecule has 232 valence electrons. The zero-order valence-electron chi connectivity index (χ0n) is 25.3. The summed E-state index contributed by atoms with van der Waals surface area (Å²) in [5.41, 5.74) is 2.12. The number of anilines is 2. The maximum Gasteiger partial charge on any atom is 0.416 e. The third-order valence-corrected chi connectivity index (χ3v) is 8.15. The molecule has 0 bridgehead atoms. The van der Waals surface area contributed by atoms with Crippen LogP contribution in [0, 0.1) is 5.41 Å². The summed E-state index contributed by atoms with van der Waals surface area (Å²) in [5.74, 6) is -0.217. The zero-order chi connectivity index (χ0) is 31.7. The number of hydrogen-bond acceptors (Lipinski definition) is 5. The first kappa shape index (κ1) is 31.1. The van der Waals surface area contributed by atoms with Crippen molar-refractivity contribution in [3.8, 4) is 0 Å². The van der Waals surface area contributed by atoms with Gasteiger partial charge in [-0.3, -0.25) is 9.78 Å². The summed E-state index contributed by atoms with van der Waals surface area (Å²) in [7, 11) is 1.97. The highest BCUT2D eigenvalue weighted by molar-refractivity contribution is 5.92. The SMILES string of the molecule is CN(c1ccncc1)c1ccc(CN(C(=O)C=Cc2ccc(C(F)(F)F)cc2)C2CC3(C2)CN(C(=O)OC(C)(C)C)C3)cc1. The van der Waals surface area contributed by atoms with E-state index in [1.165, 1.54) is 18.2 Å². The molecule has 1 saturated carbocycles. The third-order valence-electron chi connectivity index (χ3n) is 8.15. The van der Waals surface area contributed by atoms with Gasteiger partial charge in [-0.15, -0.1) is 0 Å². The van der Waals surface area contributed by atoms with E-state index < -0.39 is 17.3 Å².